The molecule has 0 saturated carbocycles. The third kappa shape index (κ3) is 3.09. The quantitative estimate of drug-likeness (QED) is 0.798. The summed E-state index contributed by atoms with van der Waals surface area (Å²) >= 11 is 0. The number of phenols is 1. The maximum absolute atomic E-state index is 12.8. The summed E-state index contributed by atoms with van der Waals surface area (Å²) in [5.41, 5.74) is 0.600. The molecule has 0 aromatic heterocycles. The van der Waals surface area contributed by atoms with Crippen molar-refractivity contribution in [2.45, 2.75) is 6.42 Å². The van der Waals surface area contributed by atoms with Crippen molar-refractivity contribution in [3.05, 3.63) is 41.9 Å². The number of hydrogen-bond acceptors (Lipinski definition) is 2. The second kappa shape index (κ2) is 4.65. The molecule has 1 aromatic rings. The highest BCUT2D eigenvalue weighted by Crippen LogP contribution is 2.18. The van der Waals surface area contributed by atoms with Crippen LogP contribution in [0.2, 0.25) is 0 Å². The highest BCUT2D eigenvalue weighted by atomic mass is 19.1. The van der Waals surface area contributed by atoms with Gasteiger partial charge in [-0.05, 0) is 30.8 Å². The zero-order chi connectivity index (χ0) is 10.6. The Labute approximate surface area is 83.3 Å². The molecule has 0 fully saturated rings. The normalized spacial score (nSPS) is 10.8. The number of benzene rings is 1. The maximum atomic E-state index is 12.8. The van der Waals surface area contributed by atoms with Gasteiger partial charge in [-0.25, -0.2) is 4.39 Å². The lowest BCUT2D eigenvalue weighted by molar-refractivity contribution is 0.467. The number of hydrogen-bond donors (Lipinski definition) is 1. The van der Waals surface area contributed by atoms with Crippen LogP contribution in [0.25, 0.3) is 0 Å². The average Bonchev–Trinajstić information content (AvgIpc) is 2.10. The third-order valence-corrected chi connectivity index (χ3v) is 1.78. The molecule has 0 bridgehead atoms. The topological polar surface area (TPSA) is 23.5 Å². The van der Waals surface area contributed by atoms with Crippen molar-refractivity contribution in [1.82, 2.24) is 4.90 Å². The van der Waals surface area contributed by atoms with Gasteiger partial charge >= 0.3 is 0 Å². The summed E-state index contributed by atoms with van der Waals surface area (Å²) in [4.78, 5) is 1.89. The van der Waals surface area contributed by atoms with Gasteiger partial charge in [0.2, 0.25) is 0 Å². The molecule has 0 aliphatic carbocycles. The molecule has 0 spiro atoms. The van der Waals surface area contributed by atoms with Crippen molar-refractivity contribution in [1.29, 1.82) is 0 Å². The van der Waals surface area contributed by atoms with Crippen molar-refractivity contribution >= 4 is 0 Å². The Kier molecular flexibility index (Phi) is 3.51. The molecular formula is C11H14FNO. The summed E-state index contributed by atoms with van der Waals surface area (Å²) in [6.45, 7) is 0. The Morgan fingerprint density at radius 2 is 2.14 bits per heavy atom. The molecule has 14 heavy (non-hydrogen) atoms. The lowest BCUT2D eigenvalue weighted by Crippen LogP contribution is -2.00. The molecule has 0 saturated heterocycles. The molecule has 0 aliphatic heterocycles. The van der Waals surface area contributed by atoms with E-state index in [2.05, 4.69) is 0 Å². The van der Waals surface area contributed by atoms with Crippen LogP contribution in [0.1, 0.15) is 5.56 Å². The van der Waals surface area contributed by atoms with E-state index in [1.165, 1.54) is 18.2 Å². The van der Waals surface area contributed by atoms with E-state index in [9.17, 15) is 9.50 Å². The van der Waals surface area contributed by atoms with Crippen LogP contribution in [0.4, 0.5) is 4.39 Å². The Bertz CT molecular complexity index is 334. The first-order valence-corrected chi connectivity index (χ1v) is 4.40. The molecule has 1 rings (SSSR count). The van der Waals surface area contributed by atoms with E-state index >= 15 is 0 Å². The van der Waals surface area contributed by atoms with Gasteiger partial charge in [-0.3, -0.25) is 0 Å². The van der Waals surface area contributed by atoms with Crippen LogP contribution in [0.15, 0.2) is 30.5 Å². The monoisotopic (exact) mass is 195 g/mol. The number of aromatic hydroxyl groups is 1. The van der Waals surface area contributed by atoms with Crippen LogP contribution in [0.5, 0.6) is 5.75 Å². The Morgan fingerprint density at radius 1 is 1.43 bits per heavy atom. The number of allylic oxidation sites excluding steroid dienone is 1. The SMILES string of the molecule is CN(C)C=CCc1cc(F)ccc1O. The number of halogens is 1. The zero-order valence-electron chi connectivity index (χ0n) is 8.37. The minimum absolute atomic E-state index is 0.134. The minimum atomic E-state index is -0.323. The maximum Gasteiger partial charge on any atom is 0.123 e. The van der Waals surface area contributed by atoms with Crippen LogP contribution in [0.3, 0.4) is 0 Å². The Hall–Kier alpha value is -1.51. The van der Waals surface area contributed by atoms with E-state index in [1.54, 1.807) is 0 Å². The molecular weight excluding hydrogens is 181 g/mol. The zero-order valence-corrected chi connectivity index (χ0v) is 8.37. The standard InChI is InChI=1S/C11H14FNO/c1-13(2)7-3-4-9-8-10(12)5-6-11(9)14/h3,5-8,14H,4H2,1-2H3. The lowest BCUT2D eigenvalue weighted by atomic mass is 10.1. The van der Waals surface area contributed by atoms with E-state index in [0.29, 0.717) is 12.0 Å². The lowest BCUT2D eigenvalue weighted by Gasteiger charge is -2.04. The fraction of sp³-hybridized carbons (Fsp3) is 0.273. The summed E-state index contributed by atoms with van der Waals surface area (Å²) in [6.07, 6.45) is 4.26. The first kappa shape index (κ1) is 10.6. The molecule has 1 N–H and O–H groups in total. The van der Waals surface area contributed by atoms with Crippen LogP contribution < -0.4 is 0 Å². The second-order valence-electron chi connectivity index (χ2n) is 3.33. The van der Waals surface area contributed by atoms with Crippen molar-refractivity contribution in [3.63, 3.8) is 0 Å². The average molecular weight is 195 g/mol. The fourth-order valence-corrected chi connectivity index (χ4v) is 1.11. The smallest absolute Gasteiger partial charge is 0.123 e. The van der Waals surface area contributed by atoms with Crippen LogP contribution in [-0.2, 0) is 6.42 Å². The summed E-state index contributed by atoms with van der Waals surface area (Å²) in [5, 5.41) is 9.39. The first-order valence-electron chi connectivity index (χ1n) is 4.40. The van der Waals surface area contributed by atoms with E-state index in [4.69, 9.17) is 0 Å². The van der Waals surface area contributed by atoms with Crippen molar-refractivity contribution < 1.29 is 9.50 Å². The molecule has 0 amide bonds. The van der Waals surface area contributed by atoms with E-state index in [0.717, 1.165) is 0 Å². The van der Waals surface area contributed by atoms with Crippen molar-refractivity contribution in [2.75, 3.05) is 14.1 Å². The van der Waals surface area contributed by atoms with Crippen LogP contribution >= 0.6 is 0 Å². The highest BCUT2D eigenvalue weighted by Gasteiger charge is 2.00. The summed E-state index contributed by atoms with van der Waals surface area (Å²) < 4.78 is 12.8. The van der Waals surface area contributed by atoms with Crippen molar-refractivity contribution in [2.24, 2.45) is 0 Å². The number of rotatable bonds is 3. The molecule has 2 nitrogen and oxygen atoms in total. The Morgan fingerprint density at radius 3 is 2.79 bits per heavy atom. The molecule has 0 atom stereocenters. The molecule has 0 aliphatic rings. The van der Waals surface area contributed by atoms with Gasteiger partial charge in [-0.15, -0.1) is 0 Å². The van der Waals surface area contributed by atoms with E-state index < -0.39 is 0 Å². The van der Waals surface area contributed by atoms with Gasteiger partial charge in [-0.2, -0.15) is 0 Å². The molecule has 3 heteroatoms. The molecule has 0 radical (unpaired) electrons. The summed E-state index contributed by atoms with van der Waals surface area (Å²) in [6, 6.07) is 3.96. The van der Waals surface area contributed by atoms with Gasteiger partial charge in [0, 0.05) is 19.7 Å². The number of phenolic OH excluding ortho intramolecular Hbond substituents is 1. The van der Waals surface area contributed by atoms with E-state index in [-0.39, 0.29) is 11.6 Å². The number of nitrogens with zero attached hydrogens (tertiary/aromatic N) is 1. The fourth-order valence-electron chi connectivity index (χ4n) is 1.11. The third-order valence-electron chi connectivity index (χ3n) is 1.78. The van der Waals surface area contributed by atoms with Gasteiger partial charge in [0.1, 0.15) is 11.6 Å². The minimum Gasteiger partial charge on any atom is -0.508 e. The first-order chi connectivity index (χ1) is 6.59. The van der Waals surface area contributed by atoms with E-state index in [1.807, 2.05) is 31.3 Å². The predicted molar refractivity (Wildman–Crippen MR) is 54.6 cm³/mol. The highest BCUT2D eigenvalue weighted by molar-refractivity contribution is 5.33. The van der Waals surface area contributed by atoms with Gasteiger partial charge in [-0.1, -0.05) is 6.08 Å². The van der Waals surface area contributed by atoms with Gasteiger partial charge in [0.15, 0.2) is 0 Å². The summed E-state index contributed by atoms with van der Waals surface area (Å²) in [5.74, 6) is -0.189. The largest absolute Gasteiger partial charge is 0.508 e. The van der Waals surface area contributed by atoms with Crippen LogP contribution in [0, 0.1) is 5.82 Å². The molecule has 0 unspecified atom stereocenters. The predicted octanol–water partition coefficient (Wildman–Crippen LogP) is 2.15. The second-order valence-corrected chi connectivity index (χ2v) is 3.33. The molecule has 1 aromatic carbocycles. The van der Waals surface area contributed by atoms with Gasteiger partial charge in [0.25, 0.3) is 0 Å². The molecule has 0 heterocycles. The summed E-state index contributed by atoms with van der Waals surface area (Å²) in [7, 11) is 3.81. The Balaban J connectivity index is 2.71. The van der Waals surface area contributed by atoms with Crippen molar-refractivity contribution in [3.8, 4) is 5.75 Å². The van der Waals surface area contributed by atoms with Gasteiger partial charge < -0.3 is 10.0 Å². The molecule has 76 valence electrons. The van der Waals surface area contributed by atoms with Gasteiger partial charge in [0.05, 0.1) is 0 Å². The van der Waals surface area contributed by atoms with Crippen LogP contribution in [-0.4, -0.2) is 24.1 Å².